The summed E-state index contributed by atoms with van der Waals surface area (Å²) in [6.07, 6.45) is 4.41. The van der Waals surface area contributed by atoms with E-state index in [-0.39, 0.29) is 5.91 Å². The van der Waals surface area contributed by atoms with Gasteiger partial charge < -0.3 is 9.32 Å². The van der Waals surface area contributed by atoms with Gasteiger partial charge in [-0.2, -0.15) is 0 Å². The molecule has 1 saturated heterocycles. The summed E-state index contributed by atoms with van der Waals surface area (Å²) in [7, 11) is 0. The van der Waals surface area contributed by atoms with Crippen LogP contribution in [0.2, 0.25) is 5.02 Å². The number of likely N-dealkylation sites (tertiary alicyclic amines) is 1. The molecule has 0 radical (unpaired) electrons. The highest BCUT2D eigenvalue weighted by Gasteiger charge is 2.25. The Labute approximate surface area is 150 Å². The van der Waals surface area contributed by atoms with Gasteiger partial charge >= 0.3 is 0 Å². The second kappa shape index (κ2) is 8.03. The number of rotatable bonds is 5. The summed E-state index contributed by atoms with van der Waals surface area (Å²) in [6.45, 7) is 2.99. The number of thioether (sulfide) groups is 1. The summed E-state index contributed by atoms with van der Waals surface area (Å²) >= 11 is 7.26. The molecule has 5 nitrogen and oxygen atoms in total. The number of hydrogen-bond donors (Lipinski definition) is 0. The van der Waals surface area contributed by atoms with E-state index in [1.165, 1.54) is 18.2 Å². The number of piperidine rings is 1. The van der Waals surface area contributed by atoms with Crippen LogP contribution in [0.5, 0.6) is 0 Å². The number of aromatic nitrogens is 2. The number of amides is 1. The molecule has 1 aliphatic rings. The predicted molar refractivity (Wildman–Crippen MR) is 95.1 cm³/mol. The summed E-state index contributed by atoms with van der Waals surface area (Å²) in [6, 6.07) is 7.63. The van der Waals surface area contributed by atoms with E-state index in [1.54, 1.807) is 12.1 Å². The quantitative estimate of drug-likeness (QED) is 0.740. The van der Waals surface area contributed by atoms with Crippen LogP contribution >= 0.6 is 23.4 Å². The Morgan fingerprint density at radius 2 is 2.29 bits per heavy atom. The van der Waals surface area contributed by atoms with Crippen molar-refractivity contribution in [2.24, 2.45) is 0 Å². The van der Waals surface area contributed by atoms with E-state index < -0.39 is 0 Å². The standard InChI is InChI=1S/C17H20ClN3O2S/c1-2-14-8-3-4-9-21(14)15(22)11-24-17-20-19-16(23-17)12-6-5-7-13(18)10-12/h5-7,10,14H,2-4,8-9,11H2,1H3/t14-/m1/s1. The zero-order valence-electron chi connectivity index (χ0n) is 13.6. The molecule has 2 heterocycles. The fraction of sp³-hybridized carbons (Fsp3) is 0.471. The van der Waals surface area contributed by atoms with E-state index in [0.29, 0.717) is 27.9 Å². The Morgan fingerprint density at radius 3 is 3.08 bits per heavy atom. The van der Waals surface area contributed by atoms with Crippen LogP contribution in [0.1, 0.15) is 32.6 Å². The fourth-order valence-electron chi connectivity index (χ4n) is 2.97. The number of carbonyl (C=O) groups excluding carboxylic acids is 1. The van der Waals surface area contributed by atoms with Gasteiger partial charge in [0.1, 0.15) is 0 Å². The van der Waals surface area contributed by atoms with Gasteiger partial charge in [0.25, 0.3) is 5.22 Å². The van der Waals surface area contributed by atoms with E-state index in [0.717, 1.165) is 31.4 Å². The molecule has 1 amide bonds. The molecular formula is C17H20ClN3O2S. The van der Waals surface area contributed by atoms with Crippen LogP contribution in [0.3, 0.4) is 0 Å². The molecular weight excluding hydrogens is 346 g/mol. The Kier molecular flexibility index (Phi) is 5.79. The monoisotopic (exact) mass is 365 g/mol. The van der Waals surface area contributed by atoms with E-state index in [2.05, 4.69) is 17.1 Å². The minimum atomic E-state index is 0.147. The van der Waals surface area contributed by atoms with Gasteiger partial charge in [0, 0.05) is 23.2 Å². The molecule has 1 fully saturated rings. The van der Waals surface area contributed by atoms with Crippen molar-refractivity contribution in [3.8, 4) is 11.5 Å². The van der Waals surface area contributed by atoms with E-state index in [4.69, 9.17) is 16.0 Å². The SMILES string of the molecule is CC[C@@H]1CCCCN1C(=O)CSc1nnc(-c2cccc(Cl)c2)o1. The number of halogens is 1. The maximum atomic E-state index is 12.5. The normalized spacial score (nSPS) is 17.9. The molecule has 0 aliphatic carbocycles. The summed E-state index contributed by atoms with van der Waals surface area (Å²) in [5, 5.41) is 9.06. The minimum Gasteiger partial charge on any atom is -0.411 e. The molecule has 2 aromatic rings. The summed E-state index contributed by atoms with van der Waals surface area (Å²) < 4.78 is 5.63. The lowest BCUT2D eigenvalue weighted by molar-refractivity contribution is -0.132. The van der Waals surface area contributed by atoms with Gasteiger partial charge in [0.15, 0.2) is 0 Å². The van der Waals surface area contributed by atoms with Crippen molar-refractivity contribution in [2.75, 3.05) is 12.3 Å². The first kappa shape index (κ1) is 17.3. The van der Waals surface area contributed by atoms with Crippen LogP contribution in [-0.4, -0.2) is 39.3 Å². The first-order valence-electron chi connectivity index (χ1n) is 8.19. The molecule has 1 atom stereocenters. The highest BCUT2D eigenvalue weighted by molar-refractivity contribution is 7.99. The molecule has 1 aromatic heterocycles. The molecule has 0 spiro atoms. The molecule has 0 saturated carbocycles. The van der Waals surface area contributed by atoms with Crippen LogP contribution in [-0.2, 0) is 4.79 Å². The molecule has 7 heteroatoms. The van der Waals surface area contributed by atoms with Gasteiger partial charge in [-0.25, -0.2) is 0 Å². The van der Waals surface area contributed by atoms with Crippen LogP contribution in [0.15, 0.2) is 33.9 Å². The molecule has 0 bridgehead atoms. The zero-order chi connectivity index (χ0) is 16.9. The second-order valence-electron chi connectivity index (χ2n) is 5.82. The van der Waals surface area contributed by atoms with Crippen molar-refractivity contribution in [3.05, 3.63) is 29.3 Å². The topological polar surface area (TPSA) is 59.2 Å². The highest BCUT2D eigenvalue weighted by atomic mass is 35.5. The number of nitrogens with zero attached hydrogens (tertiary/aromatic N) is 3. The average Bonchev–Trinajstić information content (AvgIpc) is 3.08. The van der Waals surface area contributed by atoms with Gasteiger partial charge in [-0.15, -0.1) is 10.2 Å². The molecule has 0 N–H and O–H groups in total. The largest absolute Gasteiger partial charge is 0.411 e. The van der Waals surface area contributed by atoms with Crippen molar-refractivity contribution in [3.63, 3.8) is 0 Å². The maximum absolute atomic E-state index is 12.5. The fourth-order valence-corrected chi connectivity index (χ4v) is 3.81. The lowest BCUT2D eigenvalue weighted by Crippen LogP contribution is -2.44. The third kappa shape index (κ3) is 4.11. The van der Waals surface area contributed by atoms with Gasteiger partial charge in [-0.1, -0.05) is 36.4 Å². The summed E-state index contributed by atoms with van der Waals surface area (Å²) in [5.74, 6) is 0.888. The van der Waals surface area contributed by atoms with Gasteiger partial charge in [0.2, 0.25) is 11.8 Å². The Morgan fingerprint density at radius 1 is 1.42 bits per heavy atom. The van der Waals surface area contributed by atoms with Gasteiger partial charge in [0.05, 0.1) is 5.75 Å². The van der Waals surface area contributed by atoms with Crippen molar-refractivity contribution in [2.45, 2.75) is 43.9 Å². The van der Waals surface area contributed by atoms with Crippen LogP contribution in [0.25, 0.3) is 11.5 Å². The zero-order valence-corrected chi connectivity index (χ0v) is 15.1. The van der Waals surface area contributed by atoms with Gasteiger partial charge in [-0.05, 0) is 43.9 Å². The second-order valence-corrected chi connectivity index (χ2v) is 7.18. The minimum absolute atomic E-state index is 0.147. The third-order valence-electron chi connectivity index (χ3n) is 4.22. The van der Waals surface area contributed by atoms with E-state index >= 15 is 0 Å². The van der Waals surface area contributed by atoms with Crippen LogP contribution in [0.4, 0.5) is 0 Å². The number of hydrogen-bond acceptors (Lipinski definition) is 5. The maximum Gasteiger partial charge on any atom is 0.277 e. The third-order valence-corrected chi connectivity index (χ3v) is 5.25. The average molecular weight is 366 g/mol. The Bertz CT molecular complexity index is 707. The van der Waals surface area contributed by atoms with E-state index in [9.17, 15) is 4.79 Å². The Balaban J connectivity index is 1.60. The molecule has 1 aliphatic heterocycles. The first-order valence-corrected chi connectivity index (χ1v) is 9.55. The lowest BCUT2D eigenvalue weighted by Gasteiger charge is -2.35. The summed E-state index contributed by atoms with van der Waals surface area (Å²) in [4.78, 5) is 14.5. The number of benzene rings is 1. The molecule has 3 rings (SSSR count). The Hall–Kier alpha value is -1.53. The van der Waals surface area contributed by atoms with Crippen molar-refractivity contribution >= 4 is 29.3 Å². The van der Waals surface area contributed by atoms with E-state index in [1.807, 2.05) is 17.0 Å². The lowest BCUT2D eigenvalue weighted by atomic mass is 10.0. The first-order chi connectivity index (χ1) is 11.7. The molecule has 0 unspecified atom stereocenters. The predicted octanol–water partition coefficient (Wildman–Crippen LogP) is 4.27. The van der Waals surface area contributed by atoms with Crippen LogP contribution in [0, 0.1) is 0 Å². The molecule has 24 heavy (non-hydrogen) atoms. The van der Waals surface area contributed by atoms with Crippen molar-refractivity contribution < 1.29 is 9.21 Å². The smallest absolute Gasteiger partial charge is 0.277 e. The van der Waals surface area contributed by atoms with Crippen molar-refractivity contribution in [1.29, 1.82) is 0 Å². The van der Waals surface area contributed by atoms with Crippen molar-refractivity contribution in [1.82, 2.24) is 15.1 Å². The highest BCUT2D eigenvalue weighted by Crippen LogP contribution is 2.26. The summed E-state index contributed by atoms with van der Waals surface area (Å²) in [5.41, 5.74) is 0.773. The van der Waals surface area contributed by atoms with Gasteiger partial charge in [-0.3, -0.25) is 4.79 Å². The molecule has 1 aromatic carbocycles. The van der Waals surface area contributed by atoms with Crippen LogP contribution < -0.4 is 0 Å². The molecule has 128 valence electrons. The number of carbonyl (C=O) groups is 1.